The Kier molecular flexibility index (Phi) is 5.40. The average Bonchev–Trinajstić information content (AvgIpc) is 2.49. The molecule has 0 radical (unpaired) electrons. The van der Waals surface area contributed by atoms with Crippen LogP contribution in [-0.4, -0.2) is 18.2 Å². The Hall–Kier alpha value is -1.35. The van der Waals surface area contributed by atoms with Crippen LogP contribution in [0.3, 0.4) is 0 Å². The second-order valence-corrected chi connectivity index (χ2v) is 5.60. The number of halogens is 1. The van der Waals surface area contributed by atoms with Gasteiger partial charge in [0, 0.05) is 0 Å². The van der Waals surface area contributed by atoms with E-state index in [4.69, 9.17) is 0 Å². The van der Waals surface area contributed by atoms with Gasteiger partial charge in [-0.2, -0.15) is 0 Å². The van der Waals surface area contributed by atoms with Crippen molar-refractivity contribution in [1.29, 1.82) is 0 Å². The highest BCUT2D eigenvalue weighted by molar-refractivity contribution is 5.85. The third-order valence-electron chi connectivity index (χ3n) is 4.19. The lowest BCUT2D eigenvalue weighted by molar-refractivity contribution is 0.00523. The van der Waals surface area contributed by atoms with E-state index in [9.17, 15) is 5.11 Å². The zero-order valence-electron chi connectivity index (χ0n) is 12.1. The zero-order valence-corrected chi connectivity index (χ0v) is 12.9. The van der Waals surface area contributed by atoms with E-state index in [0.29, 0.717) is 0 Å². The summed E-state index contributed by atoms with van der Waals surface area (Å²) in [7, 11) is 0. The predicted octanol–water partition coefficient (Wildman–Crippen LogP) is 3.27. The number of hydrogen-bond donors (Lipinski definition) is 2. The summed E-state index contributed by atoms with van der Waals surface area (Å²) in [5, 5.41) is 14.3. The standard InChI is InChI=1S/C18H21NO.ClH/c20-18(10-12-19-13-11-18)17-9-5-4-8-16(17)14-15-6-2-1-3-7-15;/h1-9,19-20H,10-14H2;1H. The molecule has 0 aliphatic carbocycles. The van der Waals surface area contributed by atoms with E-state index in [1.807, 2.05) is 12.1 Å². The highest BCUT2D eigenvalue weighted by Crippen LogP contribution is 2.33. The maximum atomic E-state index is 11.0. The molecule has 0 bridgehead atoms. The first-order chi connectivity index (χ1) is 9.78. The summed E-state index contributed by atoms with van der Waals surface area (Å²) >= 11 is 0. The third kappa shape index (κ3) is 3.65. The van der Waals surface area contributed by atoms with Crippen LogP contribution in [0.5, 0.6) is 0 Å². The number of aliphatic hydroxyl groups is 1. The summed E-state index contributed by atoms with van der Waals surface area (Å²) in [6.07, 6.45) is 2.46. The smallest absolute Gasteiger partial charge is 0.0923 e. The zero-order chi connectivity index (χ0) is 13.8. The number of nitrogens with one attached hydrogen (secondary N) is 1. The summed E-state index contributed by atoms with van der Waals surface area (Å²) in [5.41, 5.74) is 2.96. The van der Waals surface area contributed by atoms with Crippen LogP contribution in [0, 0.1) is 0 Å². The van der Waals surface area contributed by atoms with Crippen molar-refractivity contribution in [2.24, 2.45) is 0 Å². The third-order valence-corrected chi connectivity index (χ3v) is 4.19. The minimum Gasteiger partial charge on any atom is -0.385 e. The van der Waals surface area contributed by atoms with Crippen LogP contribution in [0.25, 0.3) is 0 Å². The van der Waals surface area contributed by atoms with Gasteiger partial charge in [-0.3, -0.25) is 0 Å². The molecular formula is C18H22ClNO. The van der Waals surface area contributed by atoms with Crippen molar-refractivity contribution in [2.45, 2.75) is 24.9 Å². The van der Waals surface area contributed by atoms with Crippen LogP contribution in [0.15, 0.2) is 54.6 Å². The van der Waals surface area contributed by atoms with Crippen molar-refractivity contribution in [3.05, 3.63) is 71.3 Å². The van der Waals surface area contributed by atoms with E-state index < -0.39 is 5.60 Å². The van der Waals surface area contributed by atoms with Gasteiger partial charge in [0.1, 0.15) is 0 Å². The Bertz CT molecular complexity index is 564. The second kappa shape index (κ2) is 7.08. The Morgan fingerprint density at radius 1 is 0.905 bits per heavy atom. The summed E-state index contributed by atoms with van der Waals surface area (Å²) in [4.78, 5) is 0. The summed E-state index contributed by atoms with van der Waals surface area (Å²) in [6.45, 7) is 1.77. The minimum atomic E-state index is -0.670. The average molecular weight is 304 g/mol. The number of rotatable bonds is 3. The molecule has 1 saturated heterocycles. The van der Waals surface area contributed by atoms with E-state index in [0.717, 1.165) is 37.9 Å². The fourth-order valence-corrected chi connectivity index (χ4v) is 3.05. The molecular weight excluding hydrogens is 282 g/mol. The van der Waals surface area contributed by atoms with Crippen molar-refractivity contribution in [3.63, 3.8) is 0 Å². The molecule has 1 heterocycles. The normalized spacial score (nSPS) is 17.0. The first-order valence-electron chi connectivity index (χ1n) is 7.33. The minimum absolute atomic E-state index is 0. The van der Waals surface area contributed by atoms with E-state index in [2.05, 4.69) is 47.8 Å². The van der Waals surface area contributed by atoms with Crippen molar-refractivity contribution in [2.75, 3.05) is 13.1 Å². The van der Waals surface area contributed by atoms with Crippen molar-refractivity contribution >= 4 is 12.4 Å². The molecule has 2 nitrogen and oxygen atoms in total. The molecule has 112 valence electrons. The molecule has 3 heteroatoms. The molecule has 21 heavy (non-hydrogen) atoms. The SMILES string of the molecule is Cl.OC1(c2ccccc2Cc2ccccc2)CCNCC1. The Morgan fingerprint density at radius 2 is 1.52 bits per heavy atom. The highest BCUT2D eigenvalue weighted by Gasteiger charge is 2.32. The molecule has 3 rings (SSSR count). The number of hydrogen-bond acceptors (Lipinski definition) is 2. The lowest BCUT2D eigenvalue weighted by Gasteiger charge is -2.34. The maximum Gasteiger partial charge on any atom is 0.0923 e. The molecule has 1 fully saturated rings. The molecule has 0 unspecified atom stereocenters. The monoisotopic (exact) mass is 303 g/mol. The number of benzene rings is 2. The van der Waals surface area contributed by atoms with Gasteiger partial charge in [-0.25, -0.2) is 0 Å². The van der Waals surface area contributed by atoms with Crippen LogP contribution in [0.1, 0.15) is 29.5 Å². The summed E-state index contributed by atoms with van der Waals surface area (Å²) in [6, 6.07) is 18.8. The van der Waals surface area contributed by atoms with Gasteiger partial charge in [-0.15, -0.1) is 12.4 Å². The molecule has 0 atom stereocenters. The topological polar surface area (TPSA) is 32.3 Å². The highest BCUT2D eigenvalue weighted by atomic mass is 35.5. The van der Waals surface area contributed by atoms with E-state index in [1.54, 1.807) is 0 Å². The van der Waals surface area contributed by atoms with Gasteiger partial charge >= 0.3 is 0 Å². The van der Waals surface area contributed by atoms with E-state index >= 15 is 0 Å². The Morgan fingerprint density at radius 3 is 2.24 bits per heavy atom. The molecule has 0 saturated carbocycles. The molecule has 0 spiro atoms. The first-order valence-corrected chi connectivity index (χ1v) is 7.33. The lowest BCUT2D eigenvalue weighted by Crippen LogP contribution is -2.40. The van der Waals surface area contributed by atoms with Gasteiger partial charge in [-0.1, -0.05) is 54.6 Å². The summed E-state index contributed by atoms with van der Waals surface area (Å²) < 4.78 is 0. The molecule has 2 aromatic rings. The van der Waals surface area contributed by atoms with E-state index in [1.165, 1.54) is 11.1 Å². The second-order valence-electron chi connectivity index (χ2n) is 5.60. The van der Waals surface area contributed by atoms with Gasteiger partial charge in [0.25, 0.3) is 0 Å². The van der Waals surface area contributed by atoms with Gasteiger partial charge in [0.15, 0.2) is 0 Å². The van der Waals surface area contributed by atoms with Gasteiger partial charge < -0.3 is 10.4 Å². The van der Waals surface area contributed by atoms with Crippen LogP contribution >= 0.6 is 12.4 Å². The Labute approximate surface area is 132 Å². The van der Waals surface area contributed by atoms with Gasteiger partial charge in [-0.05, 0) is 49.0 Å². The Balaban J connectivity index is 0.00000161. The van der Waals surface area contributed by atoms with Gasteiger partial charge in [0.2, 0.25) is 0 Å². The molecule has 1 aliphatic rings. The largest absolute Gasteiger partial charge is 0.385 e. The number of piperidine rings is 1. The van der Waals surface area contributed by atoms with Crippen LogP contribution in [0.4, 0.5) is 0 Å². The fraction of sp³-hybridized carbons (Fsp3) is 0.333. The maximum absolute atomic E-state index is 11.0. The molecule has 2 aromatic carbocycles. The molecule has 1 aliphatic heterocycles. The predicted molar refractivity (Wildman–Crippen MR) is 88.9 cm³/mol. The fourth-order valence-electron chi connectivity index (χ4n) is 3.05. The van der Waals surface area contributed by atoms with Crippen LogP contribution < -0.4 is 5.32 Å². The molecule has 2 N–H and O–H groups in total. The first kappa shape index (κ1) is 16.0. The van der Waals surface area contributed by atoms with Crippen LogP contribution in [0.2, 0.25) is 0 Å². The van der Waals surface area contributed by atoms with Crippen molar-refractivity contribution < 1.29 is 5.11 Å². The van der Waals surface area contributed by atoms with Crippen molar-refractivity contribution in [3.8, 4) is 0 Å². The molecule has 0 amide bonds. The van der Waals surface area contributed by atoms with Crippen molar-refractivity contribution in [1.82, 2.24) is 5.32 Å². The van der Waals surface area contributed by atoms with E-state index in [-0.39, 0.29) is 12.4 Å². The lowest BCUT2D eigenvalue weighted by atomic mass is 9.81. The molecule has 0 aromatic heterocycles. The quantitative estimate of drug-likeness (QED) is 0.912. The van der Waals surface area contributed by atoms with Crippen LogP contribution in [-0.2, 0) is 12.0 Å². The summed E-state index contributed by atoms with van der Waals surface area (Å²) in [5.74, 6) is 0. The van der Waals surface area contributed by atoms with Gasteiger partial charge in [0.05, 0.1) is 5.60 Å².